The van der Waals surface area contributed by atoms with Crippen molar-refractivity contribution in [1.29, 1.82) is 0 Å². The number of hydrogen-bond donors (Lipinski definition) is 0. The molecule has 1 fully saturated rings. The molecule has 1 aliphatic rings. The zero-order valence-corrected chi connectivity index (χ0v) is 17.5. The number of piperazine rings is 1. The molecule has 154 valence electrons. The van der Waals surface area contributed by atoms with Crippen LogP contribution in [0, 0.1) is 6.92 Å². The van der Waals surface area contributed by atoms with Gasteiger partial charge in [0.2, 0.25) is 0 Å². The average Bonchev–Trinajstić information content (AvgIpc) is 3.40. The van der Waals surface area contributed by atoms with E-state index in [1.54, 1.807) is 28.0 Å². The second kappa shape index (κ2) is 7.56. The minimum absolute atomic E-state index is 0.0958. The SMILES string of the molecule is Cc1nc(N2CCN(S(=O)(=O)c3cn(C(C)C)cn3)CC2)cc(-n2cccn2)n1. The summed E-state index contributed by atoms with van der Waals surface area (Å²) in [6.07, 6.45) is 6.68. The third-order valence-electron chi connectivity index (χ3n) is 4.89. The first-order valence-corrected chi connectivity index (χ1v) is 10.9. The molecule has 1 saturated heterocycles. The van der Waals surface area contributed by atoms with Crippen molar-refractivity contribution in [3.05, 3.63) is 42.9 Å². The summed E-state index contributed by atoms with van der Waals surface area (Å²) in [5.74, 6) is 2.10. The van der Waals surface area contributed by atoms with Gasteiger partial charge in [-0.1, -0.05) is 0 Å². The van der Waals surface area contributed by atoms with Gasteiger partial charge in [0.1, 0.15) is 11.6 Å². The number of aromatic nitrogens is 6. The van der Waals surface area contributed by atoms with E-state index in [0.717, 1.165) is 5.82 Å². The predicted molar refractivity (Wildman–Crippen MR) is 107 cm³/mol. The van der Waals surface area contributed by atoms with Gasteiger partial charge in [-0.2, -0.15) is 9.40 Å². The Bertz CT molecular complexity index is 1080. The smallest absolute Gasteiger partial charge is 0.262 e. The molecule has 0 aromatic carbocycles. The Morgan fingerprint density at radius 3 is 2.41 bits per heavy atom. The number of sulfonamides is 1. The molecule has 0 radical (unpaired) electrons. The van der Waals surface area contributed by atoms with E-state index in [1.165, 1.54) is 4.31 Å². The number of imidazole rings is 1. The molecule has 0 aliphatic carbocycles. The van der Waals surface area contributed by atoms with Gasteiger partial charge in [0.15, 0.2) is 10.8 Å². The summed E-state index contributed by atoms with van der Waals surface area (Å²) in [6, 6.07) is 3.86. The highest BCUT2D eigenvalue weighted by Crippen LogP contribution is 2.21. The molecule has 0 atom stereocenters. The van der Waals surface area contributed by atoms with Crippen molar-refractivity contribution in [2.24, 2.45) is 0 Å². The van der Waals surface area contributed by atoms with Crippen LogP contribution in [0.2, 0.25) is 0 Å². The van der Waals surface area contributed by atoms with Crippen molar-refractivity contribution >= 4 is 15.8 Å². The molecule has 1 aliphatic heterocycles. The monoisotopic (exact) mass is 416 g/mol. The molecule has 0 bridgehead atoms. The van der Waals surface area contributed by atoms with Gasteiger partial charge in [-0.15, -0.1) is 0 Å². The van der Waals surface area contributed by atoms with Crippen LogP contribution in [-0.2, 0) is 10.0 Å². The second-order valence-electron chi connectivity index (χ2n) is 7.23. The lowest BCUT2D eigenvalue weighted by Crippen LogP contribution is -2.49. The van der Waals surface area contributed by atoms with Gasteiger partial charge in [0.05, 0.1) is 6.33 Å². The molecule has 0 spiro atoms. The normalized spacial score (nSPS) is 15.9. The number of anilines is 1. The standard InChI is InChI=1S/C18H24N8O2S/c1-14(2)24-12-18(19-13-24)29(27,28)25-9-7-23(8-10-25)16-11-17(22-15(3)21-16)26-6-4-5-20-26/h4-6,11-14H,7-10H2,1-3H3. The van der Waals surface area contributed by atoms with Gasteiger partial charge in [0.25, 0.3) is 10.0 Å². The fraction of sp³-hybridized carbons (Fsp3) is 0.444. The van der Waals surface area contributed by atoms with Crippen LogP contribution < -0.4 is 4.90 Å². The summed E-state index contributed by atoms with van der Waals surface area (Å²) in [6.45, 7) is 7.63. The van der Waals surface area contributed by atoms with E-state index in [9.17, 15) is 8.42 Å². The van der Waals surface area contributed by atoms with Gasteiger partial charge in [-0.25, -0.2) is 28.1 Å². The Labute approximate surface area is 169 Å². The molecule has 10 nitrogen and oxygen atoms in total. The molecule has 4 heterocycles. The predicted octanol–water partition coefficient (Wildman–Crippen LogP) is 1.26. The topological polar surface area (TPSA) is 102 Å². The van der Waals surface area contributed by atoms with Gasteiger partial charge in [-0.05, 0) is 26.8 Å². The first-order chi connectivity index (χ1) is 13.8. The summed E-state index contributed by atoms with van der Waals surface area (Å²) in [5.41, 5.74) is 0. The zero-order valence-electron chi connectivity index (χ0n) is 16.7. The Hall–Kier alpha value is -2.79. The lowest BCUT2D eigenvalue weighted by Gasteiger charge is -2.34. The third-order valence-corrected chi connectivity index (χ3v) is 6.68. The molecule has 11 heteroatoms. The average molecular weight is 417 g/mol. The van der Waals surface area contributed by atoms with Crippen LogP contribution in [0.3, 0.4) is 0 Å². The van der Waals surface area contributed by atoms with Crippen molar-refractivity contribution in [2.75, 3.05) is 31.1 Å². The second-order valence-corrected chi connectivity index (χ2v) is 9.11. The fourth-order valence-corrected chi connectivity index (χ4v) is 4.59. The maximum atomic E-state index is 12.9. The van der Waals surface area contributed by atoms with Crippen molar-refractivity contribution < 1.29 is 8.42 Å². The molecule has 0 unspecified atom stereocenters. The van der Waals surface area contributed by atoms with Crippen molar-refractivity contribution in [1.82, 2.24) is 33.6 Å². The van der Waals surface area contributed by atoms with Crippen LogP contribution in [0.4, 0.5) is 5.82 Å². The molecule has 0 amide bonds. The molecular weight excluding hydrogens is 392 g/mol. The molecule has 29 heavy (non-hydrogen) atoms. The van der Waals surface area contributed by atoms with Gasteiger partial charge >= 0.3 is 0 Å². The molecule has 3 aromatic heterocycles. The number of rotatable bonds is 5. The van der Waals surface area contributed by atoms with E-state index in [1.807, 2.05) is 39.1 Å². The fourth-order valence-electron chi connectivity index (χ4n) is 3.24. The number of hydrogen-bond acceptors (Lipinski definition) is 7. The van der Waals surface area contributed by atoms with E-state index < -0.39 is 10.0 Å². The first kappa shape index (κ1) is 19.5. The van der Waals surface area contributed by atoms with Crippen LogP contribution in [0.25, 0.3) is 5.82 Å². The van der Waals surface area contributed by atoms with E-state index in [0.29, 0.717) is 37.8 Å². The summed E-state index contributed by atoms with van der Waals surface area (Å²) in [4.78, 5) is 15.1. The van der Waals surface area contributed by atoms with Crippen LogP contribution >= 0.6 is 0 Å². The van der Waals surface area contributed by atoms with Crippen LogP contribution in [0.15, 0.2) is 42.1 Å². The highest BCUT2D eigenvalue weighted by molar-refractivity contribution is 7.89. The molecule has 3 aromatic rings. The molecule has 0 saturated carbocycles. The lowest BCUT2D eigenvalue weighted by molar-refractivity contribution is 0.382. The maximum absolute atomic E-state index is 12.9. The first-order valence-electron chi connectivity index (χ1n) is 9.49. The van der Waals surface area contributed by atoms with Gasteiger partial charge in [0, 0.05) is 56.9 Å². The van der Waals surface area contributed by atoms with E-state index >= 15 is 0 Å². The quantitative estimate of drug-likeness (QED) is 0.617. The molecular formula is C18H24N8O2S. The highest BCUT2D eigenvalue weighted by atomic mass is 32.2. The maximum Gasteiger partial charge on any atom is 0.262 e. The Morgan fingerprint density at radius 1 is 1.07 bits per heavy atom. The number of nitrogens with zero attached hydrogens (tertiary/aromatic N) is 8. The summed E-state index contributed by atoms with van der Waals surface area (Å²) < 4.78 is 30.8. The molecule has 4 rings (SSSR count). The largest absolute Gasteiger partial charge is 0.354 e. The van der Waals surface area contributed by atoms with Gasteiger partial charge in [-0.3, -0.25) is 0 Å². The van der Waals surface area contributed by atoms with E-state index in [2.05, 4.69) is 25.0 Å². The van der Waals surface area contributed by atoms with E-state index in [4.69, 9.17) is 0 Å². The van der Waals surface area contributed by atoms with Crippen molar-refractivity contribution in [3.8, 4) is 5.82 Å². The van der Waals surface area contributed by atoms with Crippen LogP contribution in [-0.4, -0.2) is 68.2 Å². The Morgan fingerprint density at radius 2 is 1.79 bits per heavy atom. The Balaban J connectivity index is 1.49. The van der Waals surface area contributed by atoms with E-state index in [-0.39, 0.29) is 11.1 Å². The minimum Gasteiger partial charge on any atom is -0.354 e. The minimum atomic E-state index is -3.60. The number of aryl methyl sites for hydroxylation is 1. The van der Waals surface area contributed by atoms with Crippen molar-refractivity contribution in [3.63, 3.8) is 0 Å². The third kappa shape index (κ3) is 3.87. The molecule has 0 N–H and O–H groups in total. The summed E-state index contributed by atoms with van der Waals surface area (Å²) >= 11 is 0. The summed E-state index contributed by atoms with van der Waals surface area (Å²) in [5, 5.41) is 4.31. The van der Waals surface area contributed by atoms with Gasteiger partial charge < -0.3 is 9.47 Å². The van der Waals surface area contributed by atoms with Crippen LogP contribution in [0.1, 0.15) is 25.7 Å². The van der Waals surface area contributed by atoms with Crippen molar-refractivity contribution in [2.45, 2.75) is 31.8 Å². The highest BCUT2D eigenvalue weighted by Gasteiger charge is 2.31. The zero-order chi connectivity index (χ0) is 20.6. The summed E-state index contributed by atoms with van der Waals surface area (Å²) in [7, 11) is -3.60. The Kier molecular flexibility index (Phi) is 5.09. The van der Waals surface area contributed by atoms with Crippen LogP contribution in [0.5, 0.6) is 0 Å². The lowest BCUT2D eigenvalue weighted by atomic mass is 10.3.